The fourth-order valence-electron chi connectivity index (χ4n) is 4.18. The molecule has 148 valence electrons. The fraction of sp³-hybridized carbons (Fsp3) is 0.478. The van der Waals surface area contributed by atoms with Crippen molar-refractivity contribution >= 4 is 5.91 Å². The molecule has 5 nitrogen and oxygen atoms in total. The molecule has 5 heteroatoms. The molecule has 1 fully saturated rings. The maximum absolute atomic E-state index is 12.8. The summed E-state index contributed by atoms with van der Waals surface area (Å²) in [4.78, 5) is 17.1. The molecule has 0 aliphatic carbocycles. The number of likely N-dealkylation sites (tertiary alicyclic amines) is 1. The van der Waals surface area contributed by atoms with Crippen molar-refractivity contribution in [2.75, 3.05) is 33.2 Å². The zero-order valence-electron chi connectivity index (χ0n) is 17.2. The van der Waals surface area contributed by atoms with Crippen LogP contribution in [0.25, 0.3) is 0 Å². The average molecular weight is 379 g/mol. The van der Waals surface area contributed by atoms with Crippen LogP contribution in [0.3, 0.4) is 0 Å². The molecule has 3 rings (SSSR count). The van der Waals surface area contributed by atoms with Crippen molar-refractivity contribution in [3.8, 4) is 6.07 Å². The molecule has 28 heavy (non-hydrogen) atoms. The zero-order valence-corrected chi connectivity index (χ0v) is 17.2. The number of rotatable bonds is 6. The molecular formula is C23H30N4O. The predicted molar refractivity (Wildman–Crippen MR) is 111 cm³/mol. The van der Waals surface area contributed by atoms with Gasteiger partial charge in [-0.15, -0.1) is 0 Å². The predicted octanol–water partition coefficient (Wildman–Crippen LogP) is 3.23. The molecule has 0 saturated carbocycles. The minimum absolute atomic E-state index is 0.0129. The molecule has 1 aromatic heterocycles. The number of aromatic nitrogens is 1. The number of piperidine rings is 1. The van der Waals surface area contributed by atoms with E-state index in [0.717, 1.165) is 39.0 Å². The Labute approximate surface area is 168 Å². The lowest BCUT2D eigenvalue weighted by atomic mass is 9.96. The van der Waals surface area contributed by atoms with Crippen LogP contribution >= 0.6 is 0 Å². The Kier molecular flexibility index (Phi) is 6.53. The highest BCUT2D eigenvalue weighted by atomic mass is 16.2. The Morgan fingerprint density at radius 2 is 2.14 bits per heavy atom. The van der Waals surface area contributed by atoms with Crippen LogP contribution in [-0.2, 0) is 13.5 Å². The van der Waals surface area contributed by atoms with Gasteiger partial charge in [0.25, 0.3) is 5.91 Å². The van der Waals surface area contributed by atoms with E-state index >= 15 is 0 Å². The SMILES string of the molecule is Cc1ccccc1CCN1CCC[C@@H](CN(C)C(=O)c2cc(C#N)cn2C)C1. The van der Waals surface area contributed by atoms with Crippen LogP contribution in [0.15, 0.2) is 36.5 Å². The van der Waals surface area contributed by atoms with Crippen LogP contribution in [0, 0.1) is 24.2 Å². The molecule has 1 aliphatic rings. The topological polar surface area (TPSA) is 52.3 Å². The van der Waals surface area contributed by atoms with Gasteiger partial charge < -0.3 is 14.4 Å². The second-order valence-corrected chi connectivity index (χ2v) is 8.01. The summed E-state index contributed by atoms with van der Waals surface area (Å²) in [6.45, 7) is 6.19. The smallest absolute Gasteiger partial charge is 0.270 e. The summed E-state index contributed by atoms with van der Waals surface area (Å²) >= 11 is 0. The average Bonchev–Trinajstić information content (AvgIpc) is 3.08. The van der Waals surface area contributed by atoms with E-state index in [2.05, 4.69) is 42.2 Å². The van der Waals surface area contributed by atoms with E-state index in [4.69, 9.17) is 5.26 Å². The quantitative estimate of drug-likeness (QED) is 0.775. The van der Waals surface area contributed by atoms with E-state index in [-0.39, 0.29) is 5.91 Å². The van der Waals surface area contributed by atoms with Crippen LogP contribution in [0.4, 0.5) is 0 Å². The number of nitriles is 1. The number of carbonyl (C=O) groups is 1. The first-order valence-electron chi connectivity index (χ1n) is 10.1. The van der Waals surface area contributed by atoms with Gasteiger partial charge in [-0.3, -0.25) is 4.79 Å². The first-order chi connectivity index (χ1) is 13.5. The third-order valence-corrected chi connectivity index (χ3v) is 5.79. The minimum atomic E-state index is -0.0129. The molecule has 1 saturated heterocycles. The largest absolute Gasteiger partial charge is 0.345 e. The number of nitrogens with zero attached hydrogens (tertiary/aromatic N) is 4. The Balaban J connectivity index is 1.54. The molecule has 1 atom stereocenters. The molecule has 2 heterocycles. The lowest BCUT2D eigenvalue weighted by Gasteiger charge is -2.34. The maximum Gasteiger partial charge on any atom is 0.270 e. The first kappa shape index (κ1) is 20.2. The van der Waals surface area contributed by atoms with Crippen molar-refractivity contribution in [3.05, 3.63) is 58.9 Å². The van der Waals surface area contributed by atoms with Crippen LogP contribution in [0.1, 0.15) is 40.0 Å². The van der Waals surface area contributed by atoms with Gasteiger partial charge in [-0.2, -0.15) is 5.26 Å². The molecule has 2 aromatic rings. The van der Waals surface area contributed by atoms with Gasteiger partial charge in [0.2, 0.25) is 0 Å². The monoisotopic (exact) mass is 378 g/mol. The minimum Gasteiger partial charge on any atom is -0.345 e. The molecule has 0 bridgehead atoms. The fourth-order valence-corrected chi connectivity index (χ4v) is 4.18. The maximum atomic E-state index is 12.8. The summed E-state index contributed by atoms with van der Waals surface area (Å²) in [6, 6.07) is 12.4. The van der Waals surface area contributed by atoms with Crippen molar-refractivity contribution in [1.82, 2.24) is 14.4 Å². The number of aryl methyl sites for hydroxylation is 2. The van der Waals surface area contributed by atoms with Crippen molar-refractivity contribution in [3.63, 3.8) is 0 Å². The Morgan fingerprint density at radius 3 is 2.86 bits per heavy atom. The summed E-state index contributed by atoms with van der Waals surface area (Å²) in [7, 11) is 3.68. The Hall–Kier alpha value is -2.58. The Morgan fingerprint density at radius 1 is 1.36 bits per heavy atom. The first-order valence-corrected chi connectivity index (χ1v) is 10.1. The van der Waals surface area contributed by atoms with Gasteiger partial charge >= 0.3 is 0 Å². The number of hydrogen-bond donors (Lipinski definition) is 0. The number of benzene rings is 1. The molecule has 0 spiro atoms. The molecule has 1 aromatic carbocycles. The summed E-state index contributed by atoms with van der Waals surface area (Å²) in [5, 5.41) is 9.04. The summed E-state index contributed by atoms with van der Waals surface area (Å²) in [5.41, 5.74) is 3.89. The molecule has 1 amide bonds. The molecular weight excluding hydrogens is 348 g/mol. The second-order valence-electron chi connectivity index (χ2n) is 8.01. The lowest BCUT2D eigenvalue weighted by Crippen LogP contribution is -2.42. The van der Waals surface area contributed by atoms with Gasteiger partial charge in [-0.05, 0) is 55.8 Å². The van der Waals surface area contributed by atoms with Crippen molar-refractivity contribution < 1.29 is 4.79 Å². The summed E-state index contributed by atoms with van der Waals surface area (Å²) in [5.74, 6) is 0.483. The number of hydrogen-bond acceptors (Lipinski definition) is 3. The number of carbonyl (C=O) groups excluding carboxylic acids is 1. The highest BCUT2D eigenvalue weighted by Gasteiger charge is 2.24. The van der Waals surface area contributed by atoms with E-state index in [1.54, 1.807) is 16.8 Å². The third-order valence-electron chi connectivity index (χ3n) is 5.79. The van der Waals surface area contributed by atoms with E-state index in [9.17, 15) is 4.79 Å². The van der Waals surface area contributed by atoms with Gasteiger partial charge in [0, 0.05) is 39.9 Å². The summed E-state index contributed by atoms with van der Waals surface area (Å²) in [6.07, 6.45) is 5.13. The highest BCUT2D eigenvalue weighted by Crippen LogP contribution is 2.19. The van der Waals surface area contributed by atoms with Crippen molar-refractivity contribution in [2.45, 2.75) is 26.2 Å². The van der Waals surface area contributed by atoms with Crippen LogP contribution in [0.5, 0.6) is 0 Å². The molecule has 1 aliphatic heterocycles. The molecule has 0 radical (unpaired) electrons. The zero-order chi connectivity index (χ0) is 20.1. The highest BCUT2D eigenvalue weighted by molar-refractivity contribution is 5.93. The standard InChI is InChI=1S/C23H30N4O/c1-18-7-4-5-9-21(18)10-12-27-11-6-8-19(17-27)15-26(3)23(28)22-13-20(14-24)16-25(22)2/h4-5,7,9,13,16,19H,6,8,10-12,15,17H2,1-3H3/t19-/m0/s1. The van der Waals surface area contributed by atoms with Gasteiger partial charge in [-0.25, -0.2) is 0 Å². The van der Waals surface area contributed by atoms with Crippen molar-refractivity contribution in [2.24, 2.45) is 13.0 Å². The normalized spacial score (nSPS) is 17.3. The van der Waals surface area contributed by atoms with Gasteiger partial charge in [0.05, 0.1) is 5.56 Å². The van der Waals surface area contributed by atoms with E-state index < -0.39 is 0 Å². The third kappa shape index (κ3) is 4.82. The molecule has 0 N–H and O–H groups in total. The lowest BCUT2D eigenvalue weighted by molar-refractivity contribution is 0.0721. The number of amides is 1. The van der Waals surface area contributed by atoms with Gasteiger partial charge in [0.1, 0.15) is 11.8 Å². The Bertz CT molecular complexity index is 864. The second kappa shape index (κ2) is 9.07. The van der Waals surface area contributed by atoms with E-state index in [1.807, 2.05) is 19.0 Å². The van der Waals surface area contributed by atoms with Gasteiger partial charge in [-0.1, -0.05) is 24.3 Å². The molecule has 0 unspecified atom stereocenters. The van der Waals surface area contributed by atoms with Crippen LogP contribution in [-0.4, -0.2) is 53.5 Å². The van der Waals surface area contributed by atoms with E-state index in [1.165, 1.54) is 17.5 Å². The van der Waals surface area contributed by atoms with Crippen LogP contribution in [0.2, 0.25) is 0 Å². The van der Waals surface area contributed by atoms with Crippen LogP contribution < -0.4 is 0 Å². The van der Waals surface area contributed by atoms with Gasteiger partial charge in [0.15, 0.2) is 0 Å². The summed E-state index contributed by atoms with van der Waals surface area (Å²) < 4.78 is 1.74. The van der Waals surface area contributed by atoms with Crippen molar-refractivity contribution in [1.29, 1.82) is 5.26 Å². The van der Waals surface area contributed by atoms with E-state index in [0.29, 0.717) is 17.2 Å².